The first-order valence-corrected chi connectivity index (χ1v) is 8.78. The lowest BCUT2D eigenvalue weighted by molar-refractivity contribution is -0.0105. The highest BCUT2D eigenvalue weighted by atomic mass is 16.5. The van der Waals surface area contributed by atoms with Gasteiger partial charge in [0, 0.05) is 37.3 Å². The van der Waals surface area contributed by atoms with Gasteiger partial charge in [0.1, 0.15) is 0 Å². The summed E-state index contributed by atoms with van der Waals surface area (Å²) in [5.41, 5.74) is 0.648. The number of fused-ring (bicyclic) bond motifs is 1. The molecule has 0 aromatic heterocycles. The molecule has 3 nitrogen and oxygen atoms in total. The Labute approximate surface area is 131 Å². The van der Waals surface area contributed by atoms with Gasteiger partial charge in [0.2, 0.25) is 0 Å². The van der Waals surface area contributed by atoms with Crippen molar-refractivity contribution in [1.29, 1.82) is 0 Å². The van der Waals surface area contributed by atoms with Gasteiger partial charge >= 0.3 is 0 Å². The summed E-state index contributed by atoms with van der Waals surface area (Å²) < 4.78 is 5.52. The summed E-state index contributed by atoms with van der Waals surface area (Å²) in [6.45, 7) is 19.9. The summed E-state index contributed by atoms with van der Waals surface area (Å²) in [6, 6.07) is 1.56. The zero-order valence-electron chi connectivity index (χ0n) is 14.9. The van der Waals surface area contributed by atoms with E-state index in [2.05, 4.69) is 51.3 Å². The fourth-order valence-electron chi connectivity index (χ4n) is 4.92. The Balaban J connectivity index is 1.78. The first-order chi connectivity index (χ1) is 9.69. The maximum absolute atomic E-state index is 5.52. The summed E-state index contributed by atoms with van der Waals surface area (Å²) in [5, 5.41) is 0. The normalized spacial score (nSPS) is 38.6. The van der Waals surface area contributed by atoms with Crippen molar-refractivity contribution in [2.75, 3.05) is 32.8 Å². The molecule has 3 unspecified atom stereocenters. The fourth-order valence-corrected chi connectivity index (χ4v) is 4.92. The molecule has 3 heteroatoms. The molecule has 4 atom stereocenters. The molecule has 2 heterocycles. The molecule has 0 spiro atoms. The van der Waals surface area contributed by atoms with E-state index in [1.807, 2.05) is 0 Å². The molecule has 0 amide bonds. The summed E-state index contributed by atoms with van der Waals surface area (Å²) in [6.07, 6.45) is 1.43. The summed E-state index contributed by atoms with van der Waals surface area (Å²) in [5.74, 6) is 1.78. The Morgan fingerprint density at radius 3 is 2.14 bits per heavy atom. The van der Waals surface area contributed by atoms with Gasteiger partial charge in [-0.3, -0.25) is 9.80 Å². The van der Waals surface area contributed by atoms with Crippen LogP contribution in [0.5, 0.6) is 0 Å². The largest absolute Gasteiger partial charge is 0.379 e. The van der Waals surface area contributed by atoms with Crippen LogP contribution in [-0.4, -0.2) is 60.3 Å². The van der Waals surface area contributed by atoms with Crippen LogP contribution < -0.4 is 0 Å². The molecule has 122 valence electrons. The predicted octanol–water partition coefficient (Wildman–Crippen LogP) is 2.85. The summed E-state index contributed by atoms with van der Waals surface area (Å²) >= 11 is 0. The Morgan fingerprint density at radius 2 is 1.62 bits per heavy atom. The van der Waals surface area contributed by atoms with E-state index >= 15 is 0 Å². The SMILES string of the molecule is CC(C)(C)[C@@H]1C(CN2CCOCC2)C2CC2N1C(C)(C)C. The van der Waals surface area contributed by atoms with Crippen LogP contribution >= 0.6 is 0 Å². The number of rotatable bonds is 2. The Kier molecular flexibility index (Phi) is 3.91. The minimum Gasteiger partial charge on any atom is -0.379 e. The quantitative estimate of drug-likeness (QED) is 0.779. The molecule has 0 aromatic carbocycles. The number of morpholine rings is 1. The second-order valence-corrected chi connectivity index (χ2v) is 9.43. The first-order valence-electron chi connectivity index (χ1n) is 8.78. The van der Waals surface area contributed by atoms with Crippen molar-refractivity contribution in [2.24, 2.45) is 17.3 Å². The van der Waals surface area contributed by atoms with Crippen LogP contribution in [0.25, 0.3) is 0 Å². The van der Waals surface area contributed by atoms with Gasteiger partial charge in [0.25, 0.3) is 0 Å². The average molecular weight is 294 g/mol. The molecule has 1 saturated carbocycles. The van der Waals surface area contributed by atoms with Crippen molar-refractivity contribution in [3.05, 3.63) is 0 Å². The lowest BCUT2D eigenvalue weighted by Gasteiger charge is -2.48. The van der Waals surface area contributed by atoms with Crippen LogP contribution in [0.1, 0.15) is 48.0 Å². The smallest absolute Gasteiger partial charge is 0.0594 e. The van der Waals surface area contributed by atoms with Gasteiger partial charge in [-0.1, -0.05) is 20.8 Å². The van der Waals surface area contributed by atoms with Gasteiger partial charge in [0.15, 0.2) is 0 Å². The third kappa shape index (κ3) is 3.02. The van der Waals surface area contributed by atoms with Crippen LogP contribution in [0, 0.1) is 17.3 Å². The van der Waals surface area contributed by atoms with Crippen molar-refractivity contribution >= 4 is 0 Å². The molecule has 0 radical (unpaired) electrons. The van der Waals surface area contributed by atoms with Crippen molar-refractivity contribution < 1.29 is 4.74 Å². The molecular weight excluding hydrogens is 260 g/mol. The minimum atomic E-state index is 0.289. The van der Waals surface area contributed by atoms with Gasteiger partial charge in [-0.15, -0.1) is 0 Å². The topological polar surface area (TPSA) is 15.7 Å². The molecule has 3 fully saturated rings. The van der Waals surface area contributed by atoms with Crippen LogP contribution in [0.4, 0.5) is 0 Å². The van der Waals surface area contributed by atoms with Crippen LogP contribution in [0.2, 0.25) is 0 Å². The number of nitrogens with zero attached hydrogens (tertiary/aromatic N) is 2. The number of piperidine rings is 1. The highest BCUT2D eigenvalue weighted by molar-refractivity contribution is 5.16. The van der Waals surface area contributed by atoms with E-state index < -0.39 is 0 Å². The van der Waals surface area contributed by atoms with E-state index in [1.54, 1.807) is 0 Å². The second kappa shape index (κ2) is 5.21. The molecule has 0 bridgehead atoms. The number of likely N-dealkylation sites (tertiary alicyclic amines) is 1. The Morgan fingerprint density at radius 1 is 1.00 bits per heavy atom. The van der Waals surface area contributed by atoms with Crippen molar-refractivity contribution in [2.45, 2.75) is 65.6 Å². The maximum Gasteiger partial charge on any atom is 0.0594 e. The maximum atomic E-state index is 5.52. The van der Waals surface area contributed by atoms with Crippen molar-refractivity contribution in [3.8, 4) is 0 Å². The molecule has 2 saturated heterocycles. The second-order valence-electron chi connectivity index (χ2n) is 9.43. The van der Waals surface area contributed by atoms with Gasteiger partial charge < -0.3 is 4.74 Å². The average Bonchev–Trinajstić information content (AvgIpc) is 3.05. The molecule has 21 heavy (non-hydrogen) atoms. The predicted molar refractivity (Wildman–Crippen MR) is 87.5 cm³/mol. The monoisotopic (exact) mass is 294 g/mol. The minimum absolute atomic E-state index is 0.289. The highest BCUT2D eigenvalue weighted by Crippen LogP contribution is 2.58. The Bertz CT molecular complexity index is 376. The number of hydrogen-bond donors (Lipinski definition) is 0. The summed E-state index contributed by atoms with van der Waals surface area (Å²) in [7, 11) is 0. The molecule has 3 rings (SSSR count). The third-order valence-corrected chi connectivity index (χ3v) is 5.65. The van der Waals surface area contributed by atoms with E-state index in [0.29, 0.717) is 11.5 Å². The van der Waals surface area contributed by atoms with E-state index in [4.69, 9.17) is 4.74 Å². The van der Waals surface area contributed by atoms with Crippen molar-refractivity contribution in [1.82, 2.24) is 9.80 Å². The van der Waals surface area contributed by atoms with Crippen LogP contribution in [0.15, 0.2) is 0 Å². The van der Waals surface area contributed by atoms with E-state index in [1.165, 1.54) is 13.0 Å². The molecule has 3 aliphatic rings. The number of ether oxygens (including phenoxy) is 1. The molecule has 1 aliphatic carbocycles. The number of hydrogen-bond acceptors (Lipinski definition) is 3. The molecular formula is C18H34N2O. The van der Waals surface area contributed by atoms with E-state index in [0.717, 1.165) is 44.2 Å². The van der Waals surface area contributed by atoms with Gasteiger partial charge in [0.05, 0.1) is 13.2 Å². The van der Waals surface area contributed by atoms with Gasteiger partial charge in [-0.05, 0) is 44.4 Å². The van der Waals surface area contributed by atoms with Crippen molar-refractivity contribution in [3.63, 3.8) is 0 Å². The Hall–Kier alpha value is -0.120. The lowest BCUT2D eigenvalue weighted by Crippen LogP contribution is -2.55. The van der Waals surface area contributed by atoms with Gasteiger partial charge in [-0.2, -0.15) is 0 Å². The summed E-state index contributed by atoms with van der Waals surface area (Å²) in [4.78, 5) is 5.51. The zero-order chi connectivity index (χ0) is 15.4. The molecule has 2 aliphatic heterocycles. The third-order valence-electron chi connectivity index (χ3n) is 5.65. The highest BCUT2D eigenvalue weighted by Gasteiger charge is 2.63. The van der Waals surface area contributed by atoms with Crippen LogP contribution in [-0.2, 0) is 4.74 Å². The standard InChI is InChI=1S/C18H34N2O/c1-17(2,3)16-14(12-19-7-9-21-10-8-19)13-11-15(13)20(16)18(4,5)6/h13-16H,7-12H2,1-6H3/t13?,14?,15?,16-/m0/s1. The zero-order valence-corrected chi connectivity index (χ0v) is 14.9. The fraction of sp³-hybridized carbons (Fsp3) is 1.00. The molecule has 0 N–H and O–H groups in total. The van der Waals surface area contributed by atoms with E-state index in [9.17, 15) is 0 Å². The van der Waals surface area contributed by atoms with Gasteiger partial charge in [-0.25, -0.2) is 0 Å². The first kappa shape index (κ1) is 15.8. The lowest BCUT2D eigenvalue weighted by atomic mass is 9.76. The van der Waals surface area contributed by atoms with Crippen LogP contribution in [0.3, 0.4) is 0 Å². The molecule has 0 aromatic rings. The van der Waals surface area contributed by atoms with E-state index in [-0.39, 0.29) is 5.54 Å².